The van der Waals surface area contributed by atoms with Crippen LogP contribution in [0.2, 0.25) is 0 Å². The second-order valence-corrected chi connectivity index (χ2v) is 4.82. The Bertz CT molecular complexity index is 445. The molecule has 0 spiro atoms. The van der Waals surface area contributed by atoms with Gasteiger partial charge in [-0.3, -0.25) is 0 Å². The number of anilines is 1. The van der Waals surface area contributed by atoms with Crippen molar-refractivity contribution in [3.05, 3.63) is 23.8 Å². The van der Waals surface area contributed by atoms with Gasteiger partial charge in [0.2, 0.25) is 0 Å². The van der Waals surface area contributed by atoms with Gasteiger partial charge in [-0.05, 0) is 18.6 Å². The molecule has 0 aliphatic carbocycles. The molecule has 0 saturated carbocycles. The van der Waals surface area contributed by atoms with Crippen LogP contribution < -0.4 is 15.4 Å². The highest BCUT2D eigenvalue weighted by atomic mass is 32.1. The standard InChI is InChI=1S/C13H18N2O2S/c1-15(9-5-6-17-8-9)12-7-10(16-2)3-4-11(12)13(14)18/h3-4,7,9H,5-6,8H2,1-2H3,(H2,14,18). The van der Waals surface area contributed by atoms with Gasteiger partial charge < -0.3 is 20.1 Å². The van der Waals surface area contributed by atoms with E-state index in [9.17, 15) is 0 Å². The molecule has 0 radical (unpaired) electrons. The van der Waals surface area contributed by atoms with E-state index >= 15 is 0 Å². The van der Waals surface area contributed by atoms with Gasteiger partial charge in [0.25, 0.3) is 0 Å². The summed E-state index contributed by atoms with van der Waals surface area (Å²) >= 11 is 5.10. The van der Waals surface area contributed by atoms with Gasteiger partial charge in [-0.25, -0.2) is 0 Å². The zero-order valence-corrected chi connectivity index (χ0v) is 11.5. The van der Waals surface area contributed by atoms with Crippen LogP contribution in [0.15, 0.2) is 18.2 Å². The molecule has 1 aromatic rings. The Morgan fingerprint density at radius 2 is 2.33 bits per heavy atom. The number of nitrogens with zero attached hydrogens (tertiary/aromatic N) is 1. The maximum absolute atomic E-state index is 5.78. The smallest absolute Gasteiger partial charge is 0.120 e. The number of benzene rings is 1. The first kappa shape index (κ1) is 13.1. The van der Waals surface area contributed by atoms with Gasteiger partial charge in [0.05, 0.1) is 25.4 Å². The summed E-state index contributed by atoms with van der Waals surface area (Å²) < 4.78 is 10.7. The first-order valence-electron chi connectivity index (χ1n) is 5.92. The Kier molecular flexibility index (Phi) is 4.04. The second-order valence-electron chi connectivity index (χ2n) is 4.38. The van der Waals surface area contributed by atoms with E-state index in [1.165, 1.54) is 0 Å². The van der Waals surface area contributed by atoms with E-state index < -0.39 is 0 Å². The lowest BCUT2D eigenvalue weighted by molar-refractivity contribution is 0.193. The van der Waals surface area contributed by atoms with Crippen LogP contribution in [-0.4, -0.2) is 38.4 Å². The Morgan fingerprint density at radius 3 is 2.89 bits per heavy atom. The number of methoxy groups -OCH3 is 1. The fraction of sp³-hybridized carbons (Fsp3) is 0.462. The lowest BCUT2D eigenvalue weighted by atomic mass is 10.1. The summed E-state index contributed by atoms with van der Waals surface area (Å²) in [6.07, 6.45) is 1.02. The van der Waals surface area contributed by atoms with E-state index in [1.54, 1.807) is 7.11 Å². The lowest BCUT2D eigenvalue weighted by Crippen LogP contribution is -2.33. The number of thiocarbonyl (C=S) groups is 1. The van der Waals surface area contributed by atoms with E-state index in [-0.39, 0.29) is 0 Å². The van der Waals surface area contributed by atoms with Crippen molar-refractivity contribution in [1.82, 2.24) is 0 Å². The van der Waals surface area contributed by atoms with Crippen LogP contribution in [0.1, 0.15) is 12.0 Å². The van der Waals surface area contributed by atoms with Crippen LogP contribution >= 0.6 is 12.2 Å². The molecular weight excluding hydrogens is 248 g/mol. The van der Waals surface area contributed by atoms with E-state index in [1.807, 2.05) is 25.2 Å². The second kappa shape index (κ2) is 5.54. The van der Waals surface area contributed by atoms with Gasteiger partial charge >= 0.3 is 0 Å². The number of likely N-dealkylation sites (N-methyl/N-ethyl adjacent to an activating group) is 1. The molecule has 0 bridgehead atoms. The van der Waals surface area contributed by atoms with Crippen LogP contribution in [-0.2, 0) is 4.74 Å². The van der Waals surface area contributed by atoms with Crippen molar-refractivity contribution >= 4 is 22.9 Å². The monoisotopic (exact) mass is 266 g/mol. The Labute approximate surface area is 113 Å². The third kappa shape index (κ3) is 2.57. The molecule has 1 saturated heterocycles. The van der Waals surface area contributed by atoms with E-state index in [0.717, 1.165) is 36.6 Å². The normalized spacial score (nSPS) is 18.7. The zero-order valence-electron chi connectivity index (χ0n) is 10.7. The SMILES string of the molecule is COc1ccc(C(N)=S)c(N(C)C2CCOC2)c1. The van der Waals surface area contributed by atoms with Gasteiger partial charge in [-0.1, -0.05) is 12.2 Å². The molecule has 0 aromatic heterocycles. The van der Waals surface area contributed by atoms with Gasteiger partial charge in [0.1, 0.15) is 10.7 Å². The first-order valence-corrected chi connectivity index (χ1v) is 6.32. The summed E-state index contributed by atoms with van der Waals surface area (Å²) in [5.74, 6) is 0.802. The molecule has 5 heteroatoms. The maximum Gasteiger partial charge on any atom is 0.120 e. The number of rotatable bonds is 4. The molecule has 2 rings (SSSR count). The van der Waals surface area contributed by atoms with Crippen LogP contribution in [0.25, 0.3) is 0 Å². The summed E-state index contributed by atoms with van der Waals surface area (Å²) in [7, 11) is 3.69. The molecule has 1 atom stereocenters. The molecule has 1 heterocycles. The van der Waals surface area contributed by atoms with Crippen molar-refractivity contribution in [1.29, 1.82) is 0 Å². The molecular formula is C13H18N2O2S. The quantitative estimate of drug-likeness (QED) is 0.838. The summed E-state index contributed by atoms with van der Waals surface area (Å²) in [5.41, 5.74) is 7.65. The number of nitrogens with two attached hydrogens (primary N) is 1. The van der Waals surface area contributed by atoms with Crippen LogP contribution in [0.4, 0.5) is 5.69 Å². The van der Waals surface area contributed by atoms with E-state index in [4.69, 9.17) is 27.4 Å². The van der Waals surface area contributed by atoms with Crippen molar-refractivity contribution in [2.45, 2.75) is 12.5 Å². The molecule has 1 aliphatic heterocycles. The van der Waals surface area contributed by atoms with Gasteiger partial charge in [-0.2, -0.15) is 0 Å². The van der Waals surface area contributed by atoms with Gasteiger partial charge in [0, 0.05) is 25.3 Å². The minimum Gasteiger partial charge on any atom is -0.497 e. The Balaban J connectivity index is 2.35. The highest BCUT2D eigenvalue weighted by molar-refractivity contribution is 7.80. The van der Waals surface area contributed by atoms with Crippen molar-refractivity contribution in [2.75, 3.05) is 32.3 Å². The van der Waals surface area contributed by atoms with E-state index in [0.29, 0.717) is 11.0 Å². The highest BCUT2D eigenvalue weighted by Gasteiger charge is 2.23. The van der Waals surface area contributed by atoms with Crippen LogP contribution in [0.5, 0.6) is 5.75 Å². The summed E-state index contributed by atoms with van der Waals surface area (Å²) in [4.78, 5) is 2.57. The average Bonchev–Trinajstić information content (AvgIpc) is 2.90. The predicted molar refractivity (Wildman–Crippen MR) is 76.5 cm³/mol. The summed E-state index contributed by atoms with van der Waals surface area (Å²) in [5, 5.41) is 0. The van der Waals surface area contributed by atoms with Crippen molar-refractivity contribution in [3.8, 4) is 5.75 Å². The number of hydrogen-bond donors (Lipinski definition) is 1. The molecule has 1 aliphatic rings. The van der Waals surface area contributed by atoms with Gasteiger partial charge in [-0.15, -0.1) is 0 Å². The molecule has 1 fully saturated rings. The van der Waals surface area contributed by atoms with Crippen molar-refractivity contribution in [2.24, 2.45) is 5.73 Å². The Hall–Kier alpha value is -1.33. The molecule has 1 unspecified atom stereocenters. The molecule has 2 N–H and O–H groups in total. The van der Waals surface area contributed by atoms with Crippen molar-refractivity contribution in [3.63, 3.8) is 0 Å². The minimum atomic E-state index is 0.366. The third-order valence-electron chi connectivity index (χ3n) is 3.30. The first-order chi connectivity index (χ1) is 8.63. The van der Waals surface area contributed by atoms with Crippen LogP contribution in [0.3, 0.4) is 0 Å². The van der Waals surface area contributed by atoms with Gasteiger partial charge in [0.15, 0.2) is 0 Å². The molecule has 0 amide bonds. The maximum atomic E-state index is 5.78. The average molecular weight is 266 g/mol. The van der Waals surface area contributed by atoms with Crippen molar-refractivity contribution < 1.29 is 9.47 Å². The lowest BCUT2D eigenvalue weighted by Gasteiger charge is -2.27. The summed E-state index contributed by atoms with van der Waals surface area (Å²) in [6, 6.07) is 6.11. The fourth-order valence-electron chi connectivity index (χ4n) is 2.16. The highest BCUT2D eigenvalue weighted by Crippen LogP contribution is 2.28. The number of hydrogen-bond acceptors (Lipinski definition) is 4. The third-order valence-corrected chi connectivity index (χ3v) is 3.52. The largest absolute Gasteiger partial charge is 0.497 e. The molecule has 18 heavy (non-hydrogen) atoms. The molecule has 1 aromatic carbocycles. The topological polar surface area (TPSA) is 47.7 Å². The fourth-order valence-corrected chi connectivity index (χ4v) is 2.34. The zero-order chi connectivity index (χ0) is 13.1. The number of ether oxygens (including phenoxy) is 2. The van der Waals surface area contributed by atoms with E-state index in [2.05, 4.69) is 4.90 Å². The predicted octanol–water partition coefficient (Wildman–Crippen LogP) is 1.55. The Morgan fingerprint density at radius 1 is 1.56 bits per heavy atom. The molecule has 98 valence electrons. The van der Waals surface area contributed by atoms with Crippen LogP contribution in [0, 0.1) is 0 Å². The minimum absolute atomic E-state index is 0.366. The molecule has 4 nitrogen and oxygen atoms in total. The summed E-state index contributed by atoms with van der Waals surface area (Å²) in [6.45, 7) is 1.55.